The molecule has 8 heteroatoms. The summed E-state index contributed by atoms with van der Waals surface area (Å²) >= 11 is 0. The van der Waals surface area contributed by atoms with E-state index in [1.165, 1.54) is 15.9 Å². The van der Waals surface area contributed by atoms with Crippen molar-refractivity contribution in [2.45, 2.75) is 44.2 Å². The van der Waals surface area contributed by atoms with Gasteiger partial charge in [-0.05, 0) is 48.6 Å². The molecule has 0 atom stereocenters. The number of hydrogen-bond acceptors (Lipinski definition) is 5. The molecule has 2 aliphatic rings. The molecule has 2 fully saturated rings. The van der Waals surface area contributed by atoms with Gasteiger partial charge in [0.2, 0.25) is 10.0 Å². The van der Waals surface area contributed by atoms with E-state index in [9.17, 15) is 13.2 Å². The highest BCUT2D eigenvalue weighted by Gasteiger charge is 2.27. The van der Waals surface area contributed by atoms with Crippen molar-refractivity contribution in [3.05, 3.63) is 64.7 Å². The Morgan fingerprint density at radius 2 is 1.70 bits per heavy atom. The molecule has 7 nitrogen and oxygen atoms in total. The van der Waals surface area contributed by atoms with Crippen LogP contribution < -0.4 is 5.32 Å². The van der Waals surface area contributed by atoms with Gasteiger partial charge in [-0.2, -0.15) is 4.31 Å². The van der Waals surface area contributed by atoms with E-state index in [1.807, 2.05) is 19.1 Å². The lowest BCUT2D eigenvalue weighted by Crippen LogP contribution is -2.35. The number of piperidine rings is 1. The van der Waals surface area contributed by atoms with Gasteiger partial charge in [0.25, 0.3) is 5.91 Å². The molecule has 4 rings (SSSR count). The molecule has 0 aromatic heterocycles. The number of carbonyl (C=O) groups is 1. The molecule has 178 valence electrons. The summed E-state index contributed by atoms with van der Waals surface area (Å²) in [6.07, 6.45) is 2.81. The highest BCUT2D eigenvalue weighted by molar-refractivity contribution is 7.89. The lowest BCUT2D eigenvalue weighted by molar-refractivity contribution is 0.0342. The number of amides is 1. The highest BCUT2D eigenvalue weighted by Crippen LogP contribution is 2.23. The normalized spacial score (nSPS) is 18.2. The van der Waals surface area contributed by atoms with Crippen LogP contribution in [0.5, 0.6) is 0 Å². The van der Waals surface area contributed by atoms with E-state index in [1.54, 1.807) is 12.1 Å². The molecule has 2 saturated heterocycles. The second-order valence-corrected chi connectivity index (χ2v) is 10.8. The van der Waals surface area contributed by atoms with E-state index in [-0.39, 0.29) is 10.8 Å². The first-order chi connectivity index (χ1) is 15.9. The summed E-state index contributed by atoms with van der Waals surface area (Å²) < 4.78 is 33.0. The van der Waals surface area contributed by atoms with Crippen molar-refractivity contribution in [3.8, 4) is 0 Å². The number of aryl methyl sites for hydroxylation is 1. The number of morpholine rings is 1. The Bertz CT molecular complexity index is 1070. The molecule has 2 aromatic carbocycles. The van der Waals surface area contributed by atoms with Crippen LogP contribution in [0, 0.1) is 6.92 Å². The molecule has 0 unspecified atom stereocenters. The summed E-state index contributed by atoms with van der Waals surface area (Å²) in [4.78, 5) is 15.5. The molecule has 1 N–H and O–H groups in total. The minimum Gasteiger partial charge on any atom is -0.379 e. The molecule has 0 spiro atoms. The van der Waals surface area contributed by atoms with Crippen LogP contribution in [-0.2, 0) is 27.8 Å². The Balaban J connectivity index is 1.42. The Morgan fingerprint density at radius 1 is 0.970 bits per heavy atom. The summed E-state index contributed by atoms with van der Waals surface area (Å²) in [7, 11) is -3.58. The molecule has 0 bridgehead atoms. The van der Waals surface area contributed by atoms with Crippen molar-refractivity contribution in [3.63, 3.8) is 0 Å². The molecule has 2 aliphatic heterocycles. The van der Waals surface area contributed by atoms with E-state index in [0.29, 0.717) is 25.2 Å². The van der Waals surface area contributed by atoms with E-state index in [2.05, 4.69) is 22.3 Å². The molecular weight excluding hydrogens is 438 g/mol. The van der Waals surface area contributed by atoms with Gasteiger partial charge in [-0.25, -0.2) is 8.42 Å². The molecule has 0 radical (unpaired) electrons. The van der Waals surface area contributed by atoms with Crippen molar-refractivity contribution in [2.24, 2.45) is 0 Å². The van der Waals surface area contributed by atoms with Gasteiger partial charge in [0.05, 0.1) is 18.1 Å². The third-order valence-corrected chi connectivity index (χ3v) is 8.26. The summed E-state index contributed by atoms with van der Waals surface area (Å²) in [6, 6.07) is 13.0. The van der Waals surface area contributed by atoms with E-state index < -0.39 is 10.0 Å². The van der Waals surface area contributed by atoms with Crippen LogP contribution in [0.4, 0.5) is 0 Å². The van der Waals surface area contributed by atoms with Crippen LogP contribution in [0.25, 0.3) is 0 Å². The second kappa shape index (κ2) is 10.8. The fraction of sp³-hybridized carbons (Fsp3) is 0.480. The van der Waals surface area contributed by atoms with Gasteiger partial charge in [-0.1, -0.05) is 36.8 Å². The van der Waals surface area contributed by atoms with Gasteiger partial charge < -0.3 is 10.1 Å². The average Bonchev–Trinajstić information content (AvgIpc) is 2.84. The minimum atomic E-state index is -3.58. The summed E-state index contributed by atoms with van der Waals surface area (Å²) in [5.74, 6) is -0.262. The van der Waals surface area contributed by atoms with Crippen molar-refractivity contribution in [1.82, 2.24) is 14.5 Å². The van der Waals surface area contributed by atoms with Gasteiger partial charge >= 0.3 is 0 Å². The number of nitrogens with zero attached hydrogens (tertiary/aromatic N) is 2. The molecule has 2 aromatic rings. The number of ether oxygens (including phenoxy) is 1. The zero-order valence-corrected chi connectivity index (χ0v) is 20.1. The number of rotatable bonds is 7. The number of benzene rings is 2. The van der Waals surface area contributed by atoms with Crippen molar-refractivity contribution in [1.29, 1.82) is 0 Å². The zero-order chi connectivity index (χ0) is 23.3. The lowest BCUT2D eigenvalue weighted by Gasteiger charge is -2.26. The number of hydrogen-bond donors (Lipinski definition) is 1. The molecular formula is C25H33N3O4S. The van der Waals surface area contributed by atoms with Crippen molar-refractivity contribution < 1.29 is 17.9 Å². The fourth-order valence-electron chi connectivity index (χ4n) is 4.39. The molecule has 0 aliphatic carbocycles. The van der Waals surface area contributed by atoms with E-state index in [0.717, 1.165) is 63.2 Å². The van der Waals surface area contributed by atoms with Crippen LogP contribution in [0.2, 0.25) is 0 Å². The standard InChI is InChI=1S/C25H33N3O4S/c1-20-8-9-23(33(30,31)28-10-3-2-4-11-28)17-24(20)25(29)26-18-21-6-5-7-22(16-21)19-27-12-14-32-15-13-27/h5-9,16-17H,2-4,10-15,18-19H2,1H3,(H,26,29). The predicted octanol–water partition coefficient (Wildman–Crippen LogP) is 2.93. The third kappa shape index (κ3) is 6.00. The van der Waals surface area contributed by atoms with Crippen LogP contribution in [0.1, 0.15) is 46.3 Å². The molecule has 1 amide bonds. The Morgan fingerprint density at radius 3 is 2.45 bits per heavy atom. The SMILES string of the molecule is Cc1ccc(S(=O)(=O)N2CCCCC2)cc1C(=O)NCc1cccc(CN2CCOCC2)c1. The second-order valence-electron chi connectivity index (χ2n) is 8.83. The first-order valence-corrected chi connectivity index (χ1v) is 13.1. The third-order valence-electron chi connectivity index (χ3n) is 6.36. The summed E-state index contributed by atoms with van der Waals surface area (Å²) in [5.41, 5.74) is 3.38. The maximum atomic E-state index is 13.0. The lowest BCUT2D eigenvalue weighted by atomic mass is 10.1. The van der Waals surface area contributed by atoms with Crippen LogP contribution in [0.15, 0.2) is 47.4 Å². The summed E-state index contributed by atoms with van der Waals surface area (Å²) in [6.45, 7) is 7.54. The molecule has 2 heterocycles. The largest absolute Gasteiger partial charge is 0.379 e. The van der Waals surface area contributed by atoms with Gasteiger partial charge in [0.15, 0.2) is 0 Å². The molecule has 0 saturated carbocycles. The highest BCUT2D eigenvalue weighted by atomic mass is 32.2. The van der Waals surface area contributed by atoms with Gasteiger partial charge in [-0.15, -0.1) is 0 Å². The van der Waals surface area contributed by atoms with E-state index in [4.69, 9.17) is 4.74 Å². The molecule has 33 heavy (non-hydrogen) atoms. The predicted molar refractivity (Wildman–Crippen MR) is 127 cm³/mol. The number of sulfonamides is 1. The van der Waals surface area contributed by atoms with Gasteiger partial charge in [-0.3, -0.25) is 9.69 Å². The number of nitrogens with one attached hydrogen (secondary N) is 1. The zero-order valence-electron chi connectivity index (χ0n) is 19.3. The van der Waals surface area contributed by atoms with Crippen LogP contribution in [0.3, 0.4) is 0 Å². The van der Waals surface area contributed by atoms with E-state index >= 15 is 0 Å². The van der Waals surface area contributed by atoms with Crippen molar-refractivity contribution >= 4 is 15.9 Å². The van der Waals surface area contributed by atoms with Gasteiger partial charge in [0, 0.05) is 44.8 Å². The smallest absolute Gasteiger partial charge is 0.251 e. The monoisotopic (exact) mass is 471 g/mol. The number of carbonyl (C=O) groups excluding carboxylic acids is 1. The summed E-state index contributed by atoms with van der Waals surface area (Å²) in [5, 5.41) is 2.96. The minimum absolute atomic E-state index is 0.188. The quantitative estimate of drug-likeness (QED) is 0.672. The fourth-order valence-corrected chi connectivity index (χ4v) is 5.94. The average molecular weight is 472 g/mol. The Labute approximate surface area is 196 Å². The maximum absolute atomic E-state index is 13.0. The van der Waals surface area contributed by atoms with Crippen molar-refractivity contribution in [2.75, 3.05) is 39.4 Å². The van der Waals surface area contributed by atoms with Gasteiger partial charge in [0.1, 0.15) is 0 Å². The Kier molecular flexibility index (Phi) is 7.80. The first-order valence-electron chi connectivity index (χ1n) is 11.7. The Hall–Kier alpha value is -2.26. The van der Waals surface area contributed by atoms with Crippen LogP contribution in [-0.4, -0.2) is 62.9 Å². The maximum Gasteiger partial charge on any atom is 0.251 e. The topological polar surface area (TPSA) is 79.0 Å². The van der Waals surface area contributed by atoms with Crippen LogP contribution >= 0.6 is 0 Å². The first kappa shape index (κ1) is 23.9.